The average molecular weight is 127 g/mol. The molecule has 0 saturated carbocycles. The molecule has 1 nitrogen and oxygen atoms in total. The smallest absolute Gasteiger partial charge is 0.00100 e. The summed E-state index contributed by atoms with van der Waals surface area (Å²) in [6.45, 7) is 10.8. The van der Waals surface area contributed by atoms with Crippen LogP contribution in [0.3, 0.4) is 0 Å². The first kappa shape index (κ1) is 7.07. The Balaban J connectivity index is 2.35. The van der Waals surface area contributed by atoms with E-state index in [1.807, 2.05) is 0 Å². The first-order valence-corrected chi connectivity index (χ1v) is 3.96. The highest BCUT2D eigenvalue weighted by atomic mass is 15.1. The van der Waals surface area contributed by atoms with Crippen molar-refractivity contribution >= 4 is 0 Å². The van der Waals surface area contributed by atoms with Crippen LogP contribution in [0.4, 0.5) is 0 Å². The van der Waals surface area contributed by atoms with Crippen LogP contribution >= 0.6 is 0 Å². The molecular formula is C8H17N. The number of hydrogen-bond donors (Lipinski definition) is 0. The summed E-state index contributed by atoms with van der Waals surface area (Å²) in [4.78, 5) is 2.52. The van der Waals surface area contributed by atoms with Crippen LogP contribution in [0.1, 0.15) is 20.8 Å². The molecule has 0 aromatic heterocycles. The SMILES string of the molecule is CCN1CC(C)C(C)C1. The predicted octanol–water partition coefficient (Wildman–Crippen LogP) is 1.59. The summed E-state index contributed by atoms with van der Waals surface area (Å²) in [6, 6.07) is 0. The maximum absolute atomic E-state index is 2.52. The van der Waals surface area contributed by atoms with E-state index in [1.165, 1.54) is 19.6 Å². The Hall–Kier alpha value is -0.0400. The van der Waals surface area contributed by atoms with Crippen molar-refractivity contribution in [1.82, 2.24) is 4.90 Å². The zero-order valence-corrected chi connectivity index (χ0v) is 6.72. The van der Waals surface area contributed by atoms with E-state index in [-0.39, 0.29) is 0 Å². The van der Waals surface area contributed by atoms with Crippen molar-refractivity contribution in [2.45, 2.75) is 20.8 Å². The van der Waals surface area contributed by atoms with Gasteiger partial charge in [-0.2, -0.15) is 0 Å². The van der Waals surface area contributed by atoms with Gasteiger partial charge in [0.05, 0.1) is 0 Å². The minimum atomic E-state index is 0.921. The fraction of sp³-hybridized carbons (Fsp3) is 1.00. The van der Waals surface area contributed by atoms with Gasteiger partial charge in [-0.15, -0.1) is 0 Å². The minimum absolute atomic E-state index is 0.921. The molecule has 0 spiro atoms. The number of nitrogens with zero attached hydrogens (tertiary/aromatic N) is 1. The summed E-state index contributed by atoms with van der Waals surface area (Å²) < 4.78 is 0. The van der Waals surface area contributed by atoms with Crippen LogP contribution in [-0.2, 0) is 0 Å². The maximum atomic E-state index is 2.52. The minimum Gasteiger partial charge on any atom is -0.303 e. The predicted molar refractivity (Wildman–Crippen MR) is 40.4 cm³/mol. The Morgan fingerprint density at radius 1 is 1.22 bits per heavy atom. The van der Waals surface area contributed by atoms with Gasteiger partial charge < -0.3 is 4.90 Å². The van der Waals surface area contributed by atoms with E-state index in [0.29, 0.717) is 0 Å². The molecule has 0 radical (unpaired) electrons. The van der Waals surface area contributed by atoms with Crippen molar-refractivity contribution in [3.63, 3.8) is 0 Å². The third-order valence-corrected chi connectivity index (χ3v) is 2.51. The Labute approximate surface area is 58.0 Å². The zero-order chi connectivity index (χ0) is 6.85. The summed E-state index contributed by atoms with van der Waals surface area (Å²) in [5, 5.41) is 0. The van der Waals surface area contributed by atoms with E-state index in [9.17, 15) is 0 Å². The Kier molecular flexibility index (Phi) is 2.12. The first-order chi connectivity index (χ1) is 4.24. The molecule has 1 heteroatoms. The second kappa shape index (κ2) is 2.70. The van der Waals surface area contributed by atoms with E-state index < -0.39 is 0 Å². The second-order valence-corrected chi connectivity index (χ2v) is 3.31. The lowest BCUT2D eigenvalue weighted by Gasteiger charge is -2.10. The Morgan fingerprint density at radius 2 is 1.67 bits per heavy atom. The van der Waals surface area contributed by atoms with Gasteiger partial charge >= 0.3 is 0 Å². The van der Waals surface area contributed by atoms with Crippen LogP contribution in [0, 0.1) is 11.8 Å². The molecule has 54 valence electrons. The van der Waals surface area contributed by atoms with Crippen LogP contribution in [-0.4, -0.2) is 24.5 Å². The first-order valence-electron chi connectivity index (χ1n) is 3.96. The van der Waals surface area contributed by atoms with Crippen LogP contribution in [0.25, 0.3) is 0 Å². The topological polar surface area (TPSA) is 3.24 Å². The number of rotatable bonds is 1. The quantitative estimate of drug-likeness (QED) is 0.517. The molecule has 9 heavy (non-hydrogen) atoms. The van der Waals surface area contributed by atoms with Gasteiger partial charge in [0.25, 0.3) is 0 Å². The summed E-state index contributed by atoms with van der Waals surface area (Å²) >= 11 is 0. The lowest BCUT2D eigenvalue weighted by molar-refractivity contribution is 0.342. The Morgan fingerprint density at radius 3 is 1.89 bits per heavy atom. The highest BCUT2D eigenvalue weighted by Crippen LogP contribution is 2.20. The molecule has 0 bridgehead atoms. The van der Waals surface area contributed by atoms with Gasteiger partial charge in [-0.1, -0.05) is 20.8 Å². The van der Waals surface area contributed by atoms with Gasteiger partial charge in [0.2, 0.25) is 0 Å². The summed E-state index contributed by atoms with van der Waals surface area (Å²) in [7, 11) is 0. The van der Waals surface area contributed by atoms with Crippen molar-refractivity contribution < 1.29 is 0 Å². The molecule has 0 aromatic rings. The molecule has 2 unspecified atom stereocenters. The molecule has 0 N–H and O–H groups in total. The molecule has 1 aliphatic rings. The number of likely N-dealkylation sites (tertiary alicyclic amines) is 1. The summed E-state index contributed by atoms with van der Waals surface area (Å²) in [5.41, 5.74) is 0. The van der Waals surface area contributed by atoms with E-state index in [4.69, 9.17) is 0 Å². The van der Waals surface area contributed by atoms with Crippen molar-refractivity contribution in [2.75, 3.05) is 19.6 Å². The zero-order valence-electron chi connectivity index (χ0n) is 6.72. The van der Waals surface area contributed by atoms with Gasteiger partial charge in [-0.05, 0) is 18.4 Å². The largest absolute Gasteiger partial charge is 0.303 e. The molecule has 1 rings (SSSR count). The lowest BCUT2D eigenvalue weighted by atomic mass is 10.0. The van der Waals surface area contributed by atoms with Crippen LogP contribution < -0.4 is 0 Å². The van der Waals surface area contributed by atoms with Crippen molar-refractivity contribution in [1.29, 1.82) is 0 Å². The maximum Gasteiger partial charge on any atom is 0.00100 e. The molecular weight excluding hydrogens is 110 g/mol. The van der Waals surface area contributed by atoms with E-state index in [2.05, 4.69) is 25.7 Å². The van der Waals surface area contributed by atoms with Crippen molar-refractivity contribution in [3.8, 4) is 0 Å². The van der Waals surface area contributed by atoms with Gasteiger partial charge in [-0.3, -0.25) is 0 Å². The highest BCUT2D eigenvalue weighted by Gasteiger charge is 2.23. The van der Waals surface area contributed by atoms with E-state index in [1.54, 1.807) is 0 Å². The average Bonchev–Trinajstić information content (AvgIpc) is 2.13. The molecule has 0 amide bonds. The van der Waals surface area contributed by atoms with E-state index in [0.717, 1.165) is 11.8 Å². The fourth-order valence-corrected chi connectivity index (χ4v) is 1.51. The van der Waals surface area contributed by atoms with Gasteiger partial charge in [0.15, 0.2) is 0 Å². The van der Waals surface area contributed by atoms with Gasteiger partial charge in [-0.25, -0.2) is 0 Å². The monoisotopic (exact) mass is 127 g/mol. The van der Waals surface area contributed by atoms with Gasteiger partial charge in [0, 0.05) is 13.1 Å². The fourth-order valence-electron chi connectivity index (χ4n) is 1.51. The molecule has 1 aliphatic heterocycles. The lowest BCUT2D eigenvalue weighted by Crippen LogP contribution is -2.19. The van der Waals surface area contributed by atoms with Crippen LogP contribution in [0.15, 0.2) is 0 Å². The van der Waals surface area contributed by atoms with E-state index >= 15 is 0 Å². The van der Waals surface area contributed by atoms with Gasteiger partial charge in [0.1, 0.15) is 0 Å². The van der Waals surface area contributed by atoms with Crippen molar-refractivity contribution in [3.05, 3.63) is 0 Å². The molecule has 2 atom stereocenters. The normalized spacial score (nSPS) is 37.7. The van der Waals surface area contributed by atoms with Crippen LogP contribution in [0.5, 0.6) is 0 Å². The van der Waals surface area contributed by atoms with Crippen molar-refractivity contribution in [2.24, 2.45) is 11.8 Å². The standard InChI is InChI=1S/C8H17N/c1-4-9-5-7(2)8(3)6-9/h7-8H,4-6H2,1-3H3. The molecule has 1 fully saturated rings. The molecule has 0 aromatic carbocycles. The summed E-state index contributed by atoms with van der Waals surface area (Å²) in [5.74, 6) is 1.84. The van der Waals surface area contributed by atoms with Crippen LogP contribution in [0.2, 0.25) is 0 Å². The second-order valence-electron chi connectivity index (χ2n) is 3.31. The third-order valence-electron chi connectivity index (χ3n) is 2.51. The Bertz CT molecular complexity index is 80.6. The molecule has 1 saturated heterocycles. The molecule has 0 aliphatic carbocycles. The molecule has 1 heterocycles. The third kappa shape index (κ3) is 1.45. The highest BCUT2D eigenvalue weighted by molar-refractivity contribution is 4.76. The summed E-state index contributed by atoms with van der Waals surface area (Å²) in [6.07, 6.45) is 0. The number of hydrogen-bond acceptors (Lipinski definition) is 1.